The zero-order valence-electron chi connectivity index (χ0n) is 12.9. The van der Waals surface area contributed by atoms with Crippen molar-refractivity contribution in [3.63, 3.8) is 0 Å². The number of nitrogens with zero attached hydrogens (tertiary/aromatic N) is 5. The van der Waals surface area contributed by atoms with Gasteiger partial charge in [0.05, 0.1) is 18.0 Å². The molecule has 0 saturated heterocycles. The van der Waals surface area contributed by atoms with Crippen molar-refractivity contribution in [2.75, 3.05) is 17.2 Å². The monoisotopic (exact) mass is 314 g/mol. The van der Waals surface area contributed by atoms with Crippen LogP contribution in [0.3, 0.4) is 0 Å². The van der Waals surface area contributed by atoms with E-state index < -0.39 is 0 Å². The quantitative estimate of drug-likeness (QED) is 0.690. The van der Waals surface area contributed by atoms with E-state index in [0.29, 0.717) is 18.3 Å². The number of carbonyl (C=O) groups excluding carboxylic acids is 1. The Balaban J connectivity index is 1.87. The van der Waals surface area contributed by atoms with Crippen LogP contribution in [-0.4, -0.2) is 38.2 Å². The van der Waals surface area contributed by atoms with Crippen LogP contribution in [0.5, 0.6) is 0 Å². The second-order valence-electron chi connectivity index (χ2n) is 4.98. The third-order valence-corrected chi connectivity index (χ3v) is 2.85. The first kappa shape index (κ1) is 16.2. The van der Waals surface area contributed by atoms with Gasteiger partial charge in [-0.1, -0.05) is 0 Å². The normalized spacial score (nSPS) is 11.3. The molecule has 2 heterocycles. The summed E-state index contributed by atoms with van der Waals surface area (Å²) >= 11 is 0. The van der Waals surface area contributed by atoms with Gasteiger partial charge in [-0.25, -0.2) is 4.98 Å². The lowest BCUT2D eigenvalue weighted by Gasteiger charge is -2.14. The van der Waals surface area contributed by atoms with Gasteiger partial charge >= 0.3 is 0 Å². The van der Waals surface area contributed by atoms with Crippen molar-refractivity contribution < 1.29 is 4.79 Å². The van der Waals surface area contributed by atoms with E-state index in [1.165, 1.54) is 0 Å². The van der Waals surface area contributed by atoms with Crippen LogP contribution in [0.4, 0.5) is 17.5 Å². The smallest absolute Gasteiger partial charge is 0.234 e. The van der Waals surface area contributed by atoms with Gasteiger partial charge in [0.25, 0.3) is 0 Å². The number of hydrogen-bond donors (Lipinski definition) is 3. The van der Waals surface area contributed by atoms with Crippen LogP contribution in [0.2, 0.25) is 0 Å². The molecule has 2 rings (SSSR count). The van der Waals surface area contributed by atoms with Crippen molar-refractivity contribution in [3.8, 4) is 6.07 Å². The molecule has 1 atom stereocenters. The van der Waals surface area contributed by atoms with E-state index in [2.05, 4.69) is 31.0 Å². The minimum atomic E-state index is -0.288. The number of anilines is 3. The molecule has 2 aromatic heterocycles. The van der Waals surface area contributed by atoms with Crippen molar-refractivity contribution in [1.82, 2.24) is 25.1 Å². The minimum Gasteiger partial charge on any atom is -0.368 e. The summed E-state index contributed by atoms with van der Waals surface area (Å²) in [5, 5.41) is 21.4. The highest BCUT2D eigenvalue weighted by atomic mass is 16.1. The Morgan fingerprint density at radius 3 is 3.04 bits per heavy atom. The minimum absolute atomic E-state index is 0.124. The number of aromatic nitrogens is 4. The zero-order valence-corrected chi connectivity index (χ0v) is 12.9. The number of carbonyl (C=O) groups is 1. The summed E-state index contributed by atoms with van der Waals surface area (Å²) in [5.74, 6) is 0.792. The van der Waals surface area contributed by atoms with E-state index in [1.54, 1.807) is 23.1 Å². The number of aryl methyl sites for hydroxylation is 1. The Morgan fingerprint density at radius 1 is 1.52 bits per heavy atom. The van der Waals surface area contributed by atoms with Crippen LogP contribution >= 0.6 is 0 Å². The Hall–Kier alpha value is -3.15. The van der Waals surface area contributed by atoms with Gasteiger partial charge in [-0.3, -0.25) is 9.48 Å². The molecule has 0 saturated carbocycles. The van der Waals surface area contributed by atoms with Crippen LogP contribution in [0.15, 0.2) is 24.7 Å². The molecule has 1 amide bonds. The molecule has 0 aliphatic carbocycles. The molecule has 23 heavy (non-hydrogen) atoms. The summed E-state index contributed by atoms with van der Waals surface area (Å²) in [6.45, 7) is 2.33. The molecule has 2 aromatic rings. The van der Waals surface area contributed by atoms with E-state index in [1.807, 2.05) is 26.2 Å². The highest BCUT2D eigenvalue weighted by Gasteiger charge is 2.07. The Morgan fingerprint density at radius 2 is 2.35 bits per heavy atom. The molecule has 0 fully saturated rings. The third-order valence-electron chi connectivity index (χ3n) is 2.85. The maximum atomic E-state index is 11.3. The van der Waals surface area contributed by atoms with Crippen molar-refractivity contribution in [2.45, 2.75) is 19.4 Å². The summed E-state index contributed by atoms with van der Waals surface area (Å²) in [4.78, 5) is 19.8. The number of rotatable bonds is 7. The first-order valence-electron chi connectivity index (χ1n) is 7.05. The number of nitriles is 1. The highest BCUT2D eigenvalue weighted by Crippen LogP contribution is 2.12. The van der Waals surface area contributed by atoms with Crippen LogP contribution in [-0.2, 0) is 11.8 Å². The zero-order chi connectivity index (χ0) is 16.7. The Bertz CT molecular complexity index is 705. The van der Waals surface area contributed by atoms with Gasteiger partial charge in [-0.05, 0) is 13.0 Å². The maximum Gasteiger partial charge on any atom is 0.234 e. The lowest BCUT2D eigenvalue weighted by Crippen LogP contribution is -2.37. The van der Waals surface area contributed by atoms with Crippen molar-refractivity contribution >= 4 is 23.4 Å². The average molecular weight is 314 g/mol. The van der Waals surface area contributed by atoms with E-state index >= 15 is 0 Å². The van der Waals surface area contributed by atoms with Crippen LogP contribution in [0.1, 0.15) is 13.3 Å². The molecule has 9 heteroatoms. The Labute approximate surface area is 133 Å². The van der Waals surface area contributed by atoms with Crippen LogP contribution in [0, 0.1) is 11.3 Å². The lowest BCUT2D eigenvalue weighted by molar-refractivity contribution is -0.120. The maximum absolute atomic E-state index is 11.3. The molecule has 0 bridgehead atoms. The molecule has 0 spiro atoms. The predicted octanol–water partition coefficient (Wildman–Crippen LogP) is 0.784. The number of amides is 1. The van der Waals surface area contributed by atoms with Gasteiger partial charge in [-0.15, -0.1) is 0 Å². The molecule has 0 unspecified atom stereocenters. The van der Waals surface area contributed by atoms with E-state index in [4.69, 9.17) is 5.26 Å². The van der Waals surface area contributed by atoms with Crippen molar-refractivity contribution in [1.29, 1.82) is 5.26 Å². The van der Waals surface area contributed by atoms with E-state index in [0.717, 1.165) is 5.69 Å². The molecule has 120 valence electrons. The van der Waals surface area contributed by atoms with Crippen LogP contribution in [0.25, 0.3) is 0 Å². The summed E-state index contributed by atoms with van der Waals surface area (Å²) in [7, 11) is 1.83. The fourth-order valence-electron chi connectivity index (χ4n) is 1.84. The van der Waals surface area contributed by atoms with Crippen molar-refractivity contribution in [3.05, 3.63) is 24.7 Å². The summed E-state index contributed by atoms with van der Waals surface area (Å²) in [5.41, 5.74) is 0.793. The average Bonchev–Trinajstić information content (AvgIpc) is 2.91. The summed E-state index contributed by atoms with van der Waals surface area (Å²) < 4.78 is 1.68. The van der Waals surface area contributed by atoms with Gasteiger partial charge in [0.15, 0.2) is 0 Å². The molecule has 0 aromatic carbocycles. The van der Waals surface area contributed by atoms with Gasteiger partial charge in [0.2, 0.25) is 11.9 Å². The van der Waals surface area contributed by atoms with Gasteiger partial charge in [0.1, 0.15) is 12.2 Å². The van der Waals surface area contributed by atoms with Gasteiger partial charge < -0.3 is 16.0 Å². The number of nitrogens with one attached hydrogen (secondary N) is 3. The van der Waals surface area contributed by atoms with Gasteiger partial charge in [-0.2, -0.15) is 15.3 Å². The van der Waals surface area contributed by atoms with Crippen LogP contribution < -0.4 is 16.0 Å². The van der Waals surface area contributed by atoms with E-state index in [9.17, 15) is 4.79 Å². The van der Waals surface area contributed by atoms with Gasteiger partial charge in [0, 0.05) is 32.0 Å². The highest BCUT2D eigenvalue weighted by molar-refractivity contribution is 5.78. The lowest BCUT2D eigenvalue weighted by atomic mass is 10.3. The predicted molar refractivity (Wildman–Crippen MR) is 84.8 cm³/mol. The molecule has 0 aliphatic heterocycles. The fraction of sp³-hybridized carbons (Fsp3) is 0.357. The standard InChI is InChI=1S/C14H18N8O/c1-10(19-13(23)3-5-15)7-17-12-4-6-16-14(21-12)20-11-8-18-22(2)9-11/h4,6,8-10H,3,7H2,1-2H3,(H,19,23)(H2,16,17,20,21)/t10-/m0/s1. The molecule has 0 aliphatic rings. The first-order chi connectivity index (χ1) is 11.1. The molecular weight excluding hydrogens is 296 g/mol. The topological polar surface area (TPSA) is 121 Å². The van der Waals surface area contributed by atoms with E-state index in [-0.39, 0.29) is 18.4 Å². The second-order valence-corrected chi connectivity index (χ2v) is 4.98. The molecule has 9 nitrogen and oxygen atoms in total. The SMILES string of the molecule is C[C@@H](CNc1ccnc(Nc2cnn(C)c2)n1)NC(=O)CC#N. The second kappa shape index (κ2) is 7.74. The number of hydrogen-bond acceptors (Lipinski definition) is 7. The Kier molecular flexibility index (Phi) is 5.46. The molecular formula is C14H18N8O. The third kappa shape index (κ3) is 5.28. The first-order valence-corrected chi connectivity index (χ1v) is 7.05. The molecule has 3 N–H and O–H groups in total. The summed E-state index contributed by atoms with van der Waals surface area (Å²) in [6, 6.07) is 3.42. The molecule has 0 radical (unpaired) electrons. The largest absolute Gasteiger partial charge is 0.368 e. The summed E-state index contributed by atoms with van der Waals surface area (Å²) in [6.07, 6.45) is 4.98. The van der Waals surface area contributed by atoms with Crippen molar-refractivity contribution in [2.24, 2.45) is 7.05 Å². The fourth-order valence-corrected chi connectivity index (χ4v) is 1.84.